The summed E-state index contributed by atoms with van der Waals surface area (Å²) in [5, 5.41) is 13.9. The highest BCUT2D eigenvalue weighted by molar-refractivity contribution is 6.31. The van der Waals surface area contributed by atoms with Crippen LogP contribution in [0.5, 0.6) is 0 Å². The van der Waals surface area contributed by atoms with Crippen molar-refractivity contribution in [3.8, 4) is 11.4 Å². The van der Waals surface area contributed by atoms with Gasteiger partial charge in [0, 0.05) is 42.8 Å². The molecule has 32 heavy (non-hydrogen) atoms. The number of fused-ring (bicyclic) bond motifs is 2. The number of aromatic amines is 1. The van der Waals surface area contributed by atoms with Crippen molar-refractivity contribution < 1.29 is 14.7 Å². The average Bonchev–Trinajstić information content (AvgIpc) is 3.37. The highest BCUT2D eigenvalue weighted by Gasteiger charge is 2.28. The first kappa shape index (κ1) is 21.3. The molecule has 0 bridgehead atoms. The quantitative estimate of drug-likeness (QED) is 0.369. The summed E-state index contributed by atoms with van der Waals surface area (Å²) in [7, 11) is 1.51. The zero-order chi connectivity index (χ0) is 23.0. The van der Waals surface area contributed by atoms with Crippen LogP contribution >= 0.6 is 11.6 Å². The molecule has 4 aromatic heterocycles. The van der Waals surface area contributed by atoms with E-state index in [1.165, 1.54) is 25.4 Å². The van der Waals surface area contributed by atoms with E-state index in [4.69, 9.17) is 11.6 Å². The second-order valence-corrected chi connectivity index (χ2v) is 7.47. The van der Waals surface area contributed by atoms with Crippen LogP contribution in [0.4, 0.5) is 0 Å². The maximum atomic E-state index is 12.5. The van der Waals surface area contributed by atoms with Crippen molar-refractivity contribution in [3.63, 3.8) is 0 Å². The highest BCUT2D eigenvalue weighted by Crippen LogP contribution is 2.32. The molecule has 0 aliphatic carbocycles. The summed E-state index contributed by atoms with van der Waals surface area (Å²) >= 11 is 6.11. The van der Waals surface area contributed by atoms with Gasteiger partial charge in [-0.3, -0.25) is 9.59 Å². The van der Waals surface area contributed by atoms with E-state index in [2.05, 4.69) is 38.4 Å². The van der Waals surface area contributed by atoms with Crippen molar-refractivity contribution in [2.75, 3.05) is 7.05 Å². The summed E-state index contributed by atoms with van der Waals surface area (Å²) in [6.07, 6.45) is 9.17. The molecule has 0 saturated heterocycles. The van der Waals surface area contributed by atoms with Gasteiger partial charge in [0.15, 0.2) is 5.82 Å². The zero-order valence-corrected chi connectivity index (χ0v) is 17.8. The Morgan fingerprint density at radius 3 is 2.69 bits per heavy atom. The van der Waals surface area contributed by atoms with Gasteiger partial charge in [-0.1, -0.05) is 23.8 Å². The number of nitrogens with one attached hydrogen (secondary N) is 2. The number of carboxylic acid groups (broad SMARTS) is 1. The van der Waals surface area contributed by atoms with E-state index in [0.29, 0.717) is 38.7 Å². The molecule has 4 rings (SSSR count). The maximum absolute atomic E-state index is 12.5. The smallest absolute Gasteiger partial charge is 0.312 e. The molecule has 162 valence electrons. The van der Waals surface area contributed by atoms with Gasteiger partial charge in [0.25, 0.3) is 5.91 Å². The molecule has 9 nitrogen and oxygen atoms in total. The molecule has 0 unspecified atom stereocenters. The fourth-order valence-corrected chi connectivity index (χ4v) is 3.84. The molecular formula is C22H19ClN6O3. The molecule has 4 aromatic rings. The maximum Gasteiger partial charge on any atom is 0.312 e. The van der Waals surface area contributed by atoms with Gasteiger partial charge in [-0.15, -0.1) is 13.2 Å². The molecule has 0 aliphatic rings. The van der Waals surface area contributed by atoms with Crippen molar-refractivity contribution in [3.05, 3.63) is 66.7 Å². The van der Waals surface area contributed by atoms with Crippen LogP contribution in [0.3, 0.4) is 0 Å². The number of halogens is 1. The van der Waals surface area contributed by atoms with Gasteiger partial charge in [-0.25, -0.2) is 15.0 Å². The Kier molecular flexibility index (Phi) is 5.50. The predicted molar refractivity (Wildman–Crippen MR) is 122 cm³/mol. The molecular weight excluding hydrogens is 432 g/mol. The number of pyridine rings is 1. The Hall–Kier alpha value is -3.98. The largest absolute Gasteiger partial charge is 0.481 e. The van der Waals surface area contributed by atoms with Crippen LogP contribution in [-0.4, -0.2) is 48.5 Å². The van der Waals surface area contributed by atoms with Gasteiger partial charge in [-0.05, 0) is 6.07 Å². The highest BCUT2D eigenvalue weighted by atomic mass is 35.5. The Labute approximate surface area is 187 Å². The lowest BCUT2D eigenvalue weighted by atomic mass is 10.00. The van der Waals surface area contributed by atoms with Crippen LogP contribution in [0.2, 0.25) is 5.02 Å². The Balaban J connectivity index is 1.98. The first-order chi connectivity index (χ1) is 15.4. The second kappa shape index (κ2) is 8.27. The number of rotatable bonds is 7. The summed E-state index contributed by atoms with van der Waals surface area (Å²) in [6.45, 7) is 7.43. The number of hydrogen-bond acceptors (Lipinski definition) is 5. The molecule has 0 aliphatic heterocycles. The van der Waals surface area contributed by atoms with Crippen LogP contribution in [0.1, 0.15) is 16.4 Å². The van der Waals surface area contributed by atoms with Gasteiger partial charge >= 0.3 is 5.97 Å². The fraction of sp³-hybridized carbons (Fsp3) is 0.136. The van der Waals surface area contributed by atoms with Gasteiger partial charge < -0.3 is 20.0 Å². The number of aromatic nitrogens is 5. The minimum absolute atomic E-state index is 0.317. The van der Waals surface area contributed by atoms with E-state index < -0.39 is 17.9 Å². The fourth-order valence-electron chi connectivity index (χ4n) is 3.68. The topological polar surface area (TPSA) is 126 Å². The minimum Gasteiger partial charge on any atom is -0.481 e. The Morgan fingerprint density at radius 2 is 2.03 bits per heavy atom. The van der Waals surface area contributed by atoms with E-state index in [1.54, 1.807) is 29.2 Å². The normalized spacial score (nSPS) is 13.1. The third-order valence-electron chi connectivity index (χ3n) is 5.25. The van der Waals surface area contributed by atoms with Crippen molar-refractivity contribution in [2.24, 2.45) is 5.92 Å². The lowest BCUT2D eigenvalue weighted by Crippen LogP contribution is -2.23. The molecule has 1 amide bonds. The van der Waals surface area contributed by atoms with Gasteiger partial charge in [0.1, 0.15) is 11.3 Å². The summed E-state index contributed by atoms with van der Waals surface area (Å²) < 4.78 is 1.61. The van der Waals surface area contributed by atoms with Gasteiger partial charge in [0.2, 0.25) is 0 Å². The molecule has 0 saturated carbocycles. The minimum atomic E-state index is -1.07. The Bertz CT molecular complexity index is 1390. The second-order valence-electron chi connectivity index (χ2n) is 7.04. The van der Waals surface area contributed by atoms with Crippen LogP contribution in [-0.2, 0) is 4.79 Å². The molecule has 0 fully saturated rings. The monoisotopic (exact) mass is 450 g/mol. The summed E-state index contributed by atoms with van der Waals surface area (Å²) in [4.78, 5) is 40.7. The van der Waals surface area contributed by atoms with Crippen molar-refractivity contribution in [1.82, 2.24) is 29.8 Å². The molecule has 3 N–H and O–H groups in total. The van der Waals surface area contributed by atoms with E-state index in [0.717, 1.165) is 5.39 Å². The zero-order valence-electron chi connectivity index (χ0n) is 17.0. The summed E-state index contributed by atoms with van der Waals surface area (Å²) in [5.41, 5.74) is 1.99. The molecule has 10 heteroatoms. The van der Waals surface area contributed by atoms with E-state index in [-0.39, 0.29) is 5.91 Å². The van der Waals surface area contributed by atoms with Crippen molar-refractivity contribution in [2.45, 2.75) is 6.04 Å². The molecule has 0 aromatic carbocycles. The molecule has 4 heterocycles. The number of H-pyrrole nitrogens is 1. The number of carbonyl (C=O) groups is 2. The number of hydrogen-bond donors (Lipinski definition) is 3. The van der Waals surface area contributed by atoms with Crippen molar-refractivity contribution >= 4 is 45.5 Å². The van der Waals surface area contributed by atoms with Gasteiger partial charge in [-0.2, -0.15) is 0 Å². The number of carboxylic acids is 1. The number of nitrogens with zero attached hydrogens (tertiary/aromatic N) is 4. The summed E-state index contributed by atoms with van der Waals surface area (Å²) in [5.74, 6) is -2.03. The SMILES string of the molecule is C=C[C@H](C(=O)O)[C@H](C=C)n1cc(C(=O)NC)c2cnc(-c3c[nH]c4ncc(Cl)cc34)nc21. The number of allylic oxidation sites excluding steroid dienone is 1. The molecule has 0 spiro atoms. The average molecular weight is 451 g/mol. The lowest BCUT2D eigenvalue weighted by Gasteiger charge is -2.20. The van der Waals surface area contributed by atoms with Crippen molar-refractivity contribution in [1.29, 1.82) is 0 Å². The van der Waals surface area contributed by atoms with Crippen LogP contribution < -0.4 is 5.32 Å². The number of amides is 1. The lowest BCUT2D eigenvalue weighted by molar-refractivity contribution is -0.140. The van der Waals surface area contributed by atoms with E-state index in [1.807, 2.05) is 0 Å². The third-order valence-corrected chi connectivity index (χ3v) is 5.46. The number of aliphatic carboxylic acids is 1. The third kappa shape index (κ3) is 3.42. The van der Waals surface area contributed by atoms with E-state index in [9.17, 15) is 14.7 Å². The van der Waals surface area contributed by atoms with Crippen LogP contribution in [0, 0.1) is 5.92 Å². The summed E-state index contributed by atoms with van der Waals surface area (Å²) in [6, 6.07) is 1.02. The standard InChI is InChI=1S/C22H19ClN6O3/c1-4-12(22(31)32)17(5-2)29-10-16(21(30)24-3)15-9-27-19(28-20(15)29)14-8-26-18-13(14)6-11(23)7-25-18/h4-10,12,17H,1-2H2,3H3,(H,24,30)(H,25,26)(H,31,32)/t12-,17-/m0/s1. The molecule has 0 radical (unpaired) electrons. The van der Waals surface area contributed by atoms with Gasteiger partial charge in [0.05, 0.1) is 27.9 Å². The molecule has 2 atom stereocenters. The van der Waals surface area contributed by atoms with Crippen LogP contribution in [0.25, 0.3) is 33.5 Å². The van der Waals surface area contributed by atoms with E-state index >= 15 is 0 Å². The Morgan fingerprint density at radius 1 is 1.25 bits per heavy atom. The first-order valence-corrected chi connectivity index (χ1v) is 9.98. The first-order valence-electron chi connectivity index (χ1n) is 9.60. The number of carbonyl (C=O) groups excluding carboxylic acids is 1. The predicted octanol–water partition coefficient (Wildman–Crippen LogP) is 3.60. The van der Waals surface area contributed by atoms with Crippen LogP contribution in [0.15, 0.2) is 56.2 Å².